The lowest BCUT2D eigenvalue weighted by atomic mass is 10.8. The molecule has 1 aromatic heterocycles. The van der Waals surface area contributed by atoms with Crippen molar-refractivity contribution in [3.8, 4) is 0 Å². The zero-order valence-corrected chi connectivity index (χ0v) is 7.52. The topological polar surface area (TPSA) is 28.8 Å². The second kappa shape index (κ2) is 3.17. The van der Waals surface area contributed by atoms with E-state index in [-0.39, 0.29) is 0 Å². The summed E-state index contributed by atoms with van der Waals surface area (Å²) >= 11 is 3.54. The minimum absolute atomic E-state index is 0.558. The minimum atomic E-state index is 0.558. The second-order valence-corrected chi connectivity index (χ2v) is 3.00. The lowest BCUT2D eigenvalue weighted by molar-refractivity contribution is 1.04. The molecule has 4 heteroatoms. The van der Waals surface area contributed by atoms with Gasteiger partial charge >= 0.3 is 0 Å². The molecule has 0 aliphatic heterocycles. The summed E-state index contributed by atoms with van der Waals surface area (Å²) in [6.07, 6.45) is 3.71. The van der Waals surface area contributed by atoms with Gasteiger partial charge in [-0.2, -0.15) is 0 Å². The van der Waals surface area contributed by atoms with Crippen LogP contribution in [0.3, 0.4) is 0 Å². The molecule has 1 heterocycles. The Bertz CT molecular complexity index is 260. The van der Waals surface area contributed by atoms with Gasteiger partial charge in [-0.25, -0.2) is 0 Å². The molecule has 9 heavy (non-hydrogen) atoms. The van der Waals surface area contributed by atoms with Gasteiger partial charge in [0.15, 0.2) is 4.80 Å². The molecule has 0 bridgehead atoms. The number of rotatable bonds is 1. The SMILES string of the molecule is N=c1sccn1/C=C\I. The first-order chi connectivity index (χ1) is 4.34. The second-order valence-electron chi connectivity index (χ2n) is 1.39. The molecule has 0 atom stereocenters. The van der Waals surface area contributed by atoms with Gasteiger partial charge in [0.2, 0.25) is 0 Å². The molecule has 0 saturated carbocycles. The van der Waals surface area contributed by atoms with Crippen LogP contribution in [0, 0.1) is 5.41 Å². The predicted octanol–water partition coefficient (Wildman–Crippen LogP) is 1.89. The number of hydrogen-bond donors (Lipinski definition) is 1. The third-order valence-electron chi connectivity index (χ3n) is 0.853. The predicted molar refractivity (Wildman–Crippen MR) is 47.5 cm³/mol. The summed E-state index contributed by atoms with van der Waals surface area (Å²) in [7, 11) is 0. The molecule has 0 aliphatic rings. The molecule has 0 fully saturated rings. The number of hydrogen-bond acceptors (Lipinski definition) is 2. The Balaban J connectivity index is 3.08. The summed E-state index contributed by atoms with van der Waals surface area (Å²) in [5.41, 5.74) is 0. The largest absolute Gasteiger partial charge is 0.299 e. The van der Waals surface area contributed by atoms with Crippen LogP contribution in [0.4, 0.5) is 0 Å². The van der Waals surface area contributed by atoms with Crippen molar-refractivity contribution in [2.24, 2.45) is 0 Å². The van der Waals surface area contributed by atoms with E-state index in [0.29, 0.717) is 4.80 Å². The van der Waals surface area contributed by atoms with Gasteiger partial charge in [-0.15, -0.1) is 11.3 Å². The molecule has 0 saturated heterocycles. The first kappa shape index (κ1) is 7.01. The monoisotopic (exact) mass is 252 g/mol. The molecule has 0 aliphatic carbocycles. The summed E-state index contributed by atoms with van der Waals surface area (Å²) in [5.74, 6) is 0. The van der Waals surface area contributed by atoms with Crippen molar-refractivity contribution in [1.29, 1.82) is 5.41 Å². The Labute approximate surface area is 70.5 Å². The maximum atomic E-state index is 7.28. The van der Waals surface area contributed by atoms with E-state index in [1.807, 2.05) is 21.9 Å². The highest BCUT2D eigenvalue weighted by atomic mass is 127. The van der Waals surface area contributed by atoms with E-state index in [2.05, 4.69) is 22.6 Å². The molecule has 0 amide bonds. The number of nitrogens with zero attached hydrogens (tertiary/aromatic N) is 1. The van der Waals surface area contributed by atoms with Gasteiger partial charge in [-0.05, 0) is 4.08 Å². The smallest absolute Gasteiger partial charge is 0.185 e. The third-order valence-corrected chi connectivity index (χ3v) is 1.87. The highest BCUT2D eigenvalue weighted by Crippen LogP contribution is 1.91. The van der Waals surface area contributed by atoms with Crippen LogP contribution in [0.5, 0.6) is 0 Å². The van der Waals surface area contributed by atoms with Crippen LogP contribution in [-0.4, -0.2) is 4.57 Å². The van der Waals surface area contributed by atoms with Gasteiger partial charge in [-0.3, -0.25) is 9.98 Å². The van der Waals surface area contributed by atoms with E-state index in [4.69, 9.17) is 5.41 Å². The molecule has 0 spiro atoms. The summed E-state index contributed by atoms with van der Waals surface area (Å²) in [4.78, 5) is 0.558. The van der Waals surface area contributed by atoms with Crippen LogP contribution >= 0.6 is 33.9 Å². The van der Waals surface area contributed by atoms with Crippen molar-refractivity contribution in [3.63, 3.8) is 0 Å². The van der Waals surface area contributed by atoms with Crippen LogP contribution in [0.25, 0.3) is 6.20 Å². The molecule has 1 rings (SSSR count). The molecule has 48 valence electrons. The molecule has 0 unspecified atom stereocenters. The highest BCUT2D eigenvalue weighted by molar-refractivity contribution is 14.1. The fourth-order valence-electron chi connectivity index (χ4n) is 0.467. The zero-order chi connectivity index (χ0) is 6.69. The Morgan fingerprint density at radius 3 is 3.00 bits per heavy atom. The molecule has 1 N–H and O–H groups in total. The van der Waals surface area contributed by atoms with E-state index in [1.54, 1.807) is 4.57 Å². The summed E-state index contributed by atoms with van der Waals surface area (Å²) in [6.45, 7) is 0. The summed E-state index contributed by atoms with van der Waals surface area (Å²) in [5, 5.41) is 9.17. The highest BCUT2D eigenvalue weighted by Gasteiger charge is 1.83. The normalized spacial score (nSPS) is 10.8. The van der Waals surface area contributed by atoms with E-state index in [0.717, 1.165) is 0 Å². The lowest BCUT2D eigenvalue weighted by Gasteiger charge is -1.85. The molecular weight excluding hydrogens is 247 g/mol. The van der Waals surface area contributed by atoms with E-state index >= 15 is 0 Å². The molecule has 1 aromatic rings. The standard InChI is InChI=1S/C5H5IN2S/c6-1-2-8-3-4-9-5(8)7/h1-4,7H/b2-1-,7-5?. The maximum absolute atomic E-state index is 7.28. The van der Waals surface area contributed by atoms with Crippen LogP contribution in [0.2, 0.25) is 0 Å². The van der Waals surface area contributed by atoms with Crippen molar-refractivity contribution < 1.29 is 0 Å². The van der Waals surface area contributed by atoms with Crippen molar-refractivity contribution in [2.45, 2.75) is 0 Å². The molecular formula is C5H5IN2S. The van der Waals surface area contributed by atoms with Crippen LogP contribution in [0.15, 0.2) is 15.7 Å². The zero-order valence-electron chi connectivity index (χ0n) is 4.54. The van der Waals surface area contributed by atoms with Gasteiger partial charge < -0.3 is 0 Å². The first-order valence-corrected chi connectivity index (χ1v) is 4.44. The average Bonchev–Trinajstić information content (AvgIpc) is 2.18. The number of halogens is 1. The van der Waals surface area contributed by atoms with Crippen LogP contribution in [0.1, 0.15) is 0 Å². The lowest BCUT2D eigenvalue weighted by Crippen LogP contribution is -2.03. The Morgan fingerprint density at radius 1 is 1.78 bits per heavy atom. The van der Waals surface area contributed by atoms with Gasteiger partial charge in [0.05, 0.1) is 0 Å². The summed E-state index contributed by atoms with van der Waals surface area (Å²) < 4.78 is 3.64. The Hall–Kier alpha value is -0.100. The van der Waals surface area contributed by atoms with Gasteiger partial charge in [0.25, 0.3) is 0 Å². The fourth-order valence-corrected chi connectivity index (χ4v) is 1.38. The first-order valence-electron chi connectivity index (χ1n) is 2.31. The number of nitrogens with one attached hydrogen (secondary N) is 1. The number of aromatic nitrogens is 1. The van der Waals surface area contributed by atoms with Crippen LogP contribution in [-0.2, 0) is 0 Å². The van der Waals surface area contributed by atoms with Gasteiger partial charge in [0, 0.05) is 17.8 Å². The Morgan fingerprint density at radius 2 is 2.56 bits per heavy atom. The summed E-state index contributed by atoms with van der Waals surface area (Å²) in [6, 6.07) is 0. The van der Waals surface area contributed by atoms with Crippen molar-refractivity contribution in [1.82, 2.24) is 4.57 Å². The number of thiazole rings is 1. The molecule has 0 radical (unpaired) electrons. The van der Waals surface area contributed by atoms with Gasteiger partial charge in [0.1, 0.15) is 0 Å². The van der Waals surface area contributed by atoms with Crippen molar-refractivity contribution in [3.05, 3.63) is 20.5 Å². The fraction of sp³-hybridized carbons (Fsp3) is 0. The van der Waals surface area contributed by atoms with Crippen molar-refractivity contribution >= 4 is 40.1 Å². The van der Waals surface area contributed by atoms with Crippen LogP contribution < -0.4 is 4.80 Å². The maximum Gasteiger partial charge on any atom is 0.185 e. The minimum Gasteiger partial charge on any atom is -0.299 e. The van der Waals surface area contributed by atoms with E-state index in [9.17, 15) is 0 Å². The third kappa shape index (κ3) is 1.65. The van der Waals surface area contributed by atoms with E-state index in [1.165, 1.54) is 11.3 Å². The molecule has 0 aromatic carbocycles. The average molecular weight is 252 g/mol. The van der Waals surface area contributed by atoms with Gasteiger partial charge in [-0.1, -0.05) is 22.6 Å². The van der Waals surface area contributed by atoms with E-state index < -0.39 is 0 Å². The van der Waals surface area contributed by atoms with Crippen molar-refractivity contribution in [2.75, 3.05) is 0 Å². The quantitative estimate of drug-likeness (QED) is 0.739. The Kier molecular flexibility index (Phi) is 2.47. The molecule has 2 nitrogen and oxygen atoms in total.